The molecule has 0 unspecified atom stereocenters. The quantitative estimate of drug-likeness (QED) is 0.650. The van der Waals surface area contributed by atoms with Crippen LogP contribution in [0.1, 0.15) is 5.56 Å². The molecule has 0 atom stereocenters. The number of rotatable bonds is 1. The third kappa shape index (κ3) is 0.994. The maximum Gasteiger partial charge on any atom is 0.127 e. The molecule has 0 N–H and O–H groups in total. The normalized spacial score (nSPS) is 10.5. The van der Waals surface area contributed by atoms with Crippen LogP contribution in [0.25, 0.3) is 10.1 Å². The van der Waals surface area contributed by atoms with Gasteiger partial charge in [-0.25, -0.2) is 0 Å². The van der Waals surface area contributed by atoms with Gasteiger partial charge in [-0.2, -0.15) is 0 Å². The summed E-state index contributed by atoms with van der Waals surface area (Å²) in [6.07, 6.45) is 0. The minimum Gasteiger partial charge on any atom is -0.496 e. The Morgan fingerprint density at radius 3 is 3.00 bits per heavy atom. The number of fused-ring (bicyclic) bond motifs is 1. The fourth-order valence-corrected chi connectivity index (χ4v) is 2.18. The largest absolute Gasteiger partial charge is 0.496 e. The van der Waals surface area contributed by atoms with Gasteiger partial charge in [-0.1, -0.05) is 6.07 Å². The Hall–Kier alpha value is -1.02. The van der Waals surface area contributed by atoms with Crippen molar-refractivity contribution in [2.24, 2.45) is 0 Å². The lowest BCUT2D eigenvalue weighted by Gasteiger charge is -2.01. The summed E-state index contributed by atoms with van der Waals surface area (Å²) >= 11 is 1.70. The van der Waals surface area contributed by atoms with Crippen LogP contribution in [-0.4, -0.2) is 7.11 Å². The lowest BCUT2D eigenvalue weighted by Crippen LogP contribution is -1.82. The van der Waals surface area contributed by atoms with Crippen LogP contribution < -0.4 is 4.74 Å². The van der Waals surface area contributed by atoms with Crippen molar-refractivity contribution >= 4 is 21.4 Å². The number of thiophene rings is 1. The molecule has 2 aromatic rings. The first kappa shape index (κ1) is 7.62. The van der Waals surface area contributed by atoms with Crippen LogP contribution in [0, 0.1) is 6.92 Å². The van der Waals surface area contributed by atoms with Crippen LogP contribution in [0.2, 0.25) is 0 Å². The van der Waals surface area contributed by atoms with E-state index in [-0.39, 0.29) is 0 Å². The Morgan fingerprint density at radius 1 is 1.42 bits per heavy atom. The van der Waals surface area contributed by atoms with Crippen molar-refractivity contribution in [3.8, 4) is 5.75 Å². The number of methoxy groups -OCH3 is 1. The Kier molecular flexibility index (Phi) is 1.77. The third-order valence-electron chi connectivity index (χ3n) is 1.86. The summed E-state index contributed by atoms with van der Waals surface area (Å²) in [6.45, 7) is 3.95. The van der Waals surface area contributed by atoms with Crippen molar-refractivity contribution in [3.63, 3.8) is 0 Å². The first-order chi connectivity index (χ1) is 5.83. The van der Waals surface area contributed by atoms with Crippen LogP contribution in [0.15, 0.2) is 23.6 Å². The molecule has 0 aliphatic carbocycles. The number of benzene rings is 1. The van der Waals surface area contributed by atoms with Crippen molar-refractivity contribution in [2.75, 3.05) is 7.11 Å². The molecule has 2 rings (SSSR count). The summed E-state index contributed by atoms with van der Waals surface area (Å²) < 4.78 is 6.47. The van der Waals surface area contributed by atoms with Gasteiger partial charge in [-0.15, -0.1) is 11.3 Å². The van der Waals surface area contributed by atoms with E-state index in [1.54, 1.807) is 18.4 Å². The van der Waals surface area contributed by atoms with E-state index >= 15 is 0 Å². The average molecular weight is 177 g/mol. The summed E-state index contributed by atoms with van der Waals surface area (Å²) in [5.74, 6) is 0.916. The van der Waals surface area contributed by atoms with Crippen molar-refractivity contribution in [1.82, 2.24) is 0 Å². The topological polar surface area (TPSA) is 9.23 Å². The van der Waals surface area contributed by atoms with Gasteiger partial charge in [0.1, 0.15) is 5.75 Å². The first-order valence-electron chi connectivity index (χ1n) is 3.69. The van der Waals surface area contributed by atoms with Gasteiger partial charge >= 0.3 is 0 Å². The van der Waals surface area contributed by atoms with Gasteiger partial charge in [0.05, 0.1) is 7.11 Å². The standard InChI is InChI=1S/C10H9OS/c1-7-6-12-9-5-3-4-8(11-2)10(7)9/h3-6H,1H2,2H3. The first-order valence-corrected chi connectivity index (χ1v) is 4.57. The van der Waals surface area contributed by atoms with E-state index in [1.165, 1.54) is 4.70 Å². The molecule has 0 saturated heterocycles. The van der Waals surface area contributed by atoms with Crippen LogP contribution in [0.4, 0.5) is 0 Å². The van der Waals surface area contributed by atoms with Gasteiger partial charge < -0.3 is 4.74 Å². The van der Waals surface area contributed by atoms with E-state index in [0.717, 1.165) is 16.7 Å². The minimum atomic E-state index is 0.916. The fraction of sp³-hybridized carbons (Fsp3) is 0.100. The Balaban J connectivity index is 2.84. The molecule has 1 heterocycles. The highest BCUT2D eigenvalue weighted by Gasteiger charge is 2.04. The predicted octanol–water partition coefficient (Wildman–Crippen LogP) is 3.09. The third-order valence-corrected chi connectivity index (χ3v) is 2.85. The molecular formula is C10H9OS. The van der Waals surface area contributed by atoms with E-state index in [1.807, 2.05) is 17.5 Å². The smallest absolute Gasteiger partial charge is 0.127 e. The van der Waals surface area contributed by atoms with Crippen molar-refractivity contribution in [2.45, 2.75) is 0 Å². The van der Waals surface area contributed by atoms with E-state index in [4.69, 9.17) is 4.74 Å². The maximum atomic E-state index is 5.23. The molecule has 2 heteroatoms. The fourth-order valence-electron chi connectivity index (χ4n) is 1.29. The SMILES string of the molecule is [CH2]c1csc2cccc(OC)c12. The molecule has 0 aliphatic rings. The Bertz CT molecular complexity index is 403. The zero-order valence-corrected chi connectivity index (χ0v) is 7.65. The zero-order valence-electron chi connectivity index (χ0n) is 6.83. The molecule has 0 spiro atoms. The summed E-state index contributed by atoms with van der Waals surface area (Å²) in [4.78, 5) is 0. The molecule has 1 nitrogen and oxygen atoms in total. The Labute approximate surface area is 75.6 Å². The van der Waals surface area contributed by atoms with E-state index < -0.39 is 0 Å². The molecule has 12 heavy (non-hydrogen) atoms. The van der Waals surface area contributed by atoms with E-state index in [2.05, 4.69) is 13.0 Å². The minimum absolute atomic E-state index is 0.916. The van der Waals surface area contributed by atoms with Crippen molar-refractivity contribution < 1.29 is 4.74 Å². The summed E-state index contributed by atoms with van der Waals surface area (Å²) in [5.41, 5.74) is 1.05. The van der Waals surface area contributed by atoms with Crippen LogP contribution in [-0.2, 0) is 0 Å². The number of ether oxygens (including phenoxy) is 1. The highest BCUT2D eigenvalue weighted by Crippen LogP contribution is 2.32. The molecule has 1 aromatic heterocycles. The molecule has 0 bridgehead atoms. The second-order valence-electron chi connectivity index (χ2n) is 2.59. The lowest BCUT2D eigenvalue weighted by molar-refractivity contribution is 0.420. The summed E-state index contributed by atoms with van der Waals surface area (Å²) in [7, 11) is 1.69. The second-order valence-corrected chi connectivity index (χ2v) is 3.51. The summed E-state index contributed by atoms with van der Waals surface area (Å²) in [5, 5.41) is 3.19. The van der Waals surface area contributed by atoms with Crippen LogP contribution >= 0.6 is 11.3 Å². The number of hydrogen-bond donors (Lipinski definition) is 0. The van der Waals surface area contributed by atoms with Gasteiger partial charge in [-0.05, 0) is 30.0 Å². The predicted molar refractivity (Wildman–Crippen MR) is 52.8 cm³/mol. The van der Waals surface area contributed by atoms with Crippen molar-refractivity contribution in [3.05, 3.63) is 36.1 Å². The zero-order chi connectivity index (χ0) is 8.55. The molecule has 61 valence electrons. The van der Waals surface area contributed by atoms with Crippen LogP contribution in [0.5, 0.6) is 5.75 Å². The number of hydrogen-bond acceptors (Lipinski definition) is 2. The molecular weight excluding hydrogens is 168 g/mol. The van der Waals surface area contributed by atoms with Crippen LogP contribution in [0.3, 0.4) is 0 Å². The van der Waals surface area contributed by atoms with E-state index in [0.29, 0.717) is 0 Å². The van der Waals surface area contributed by atoms with Gasteiger partial charge in [0, 0.05) is 10.1 Å². The molecule has 0 aliphatic heterocycles. The Morgan fingerprint density at radius 2 is 2.25 bits per heavy atom. The van der Waals surface area contributed by atoms with Gasteiger partial charge in [-0.3, -0.25) is 0 Å². The maximum absolute atomic E-state index is 5.23. The highest BCUT2D eigenvalue weighted by molar-refractivity contribution is 7.17. The van der Waals surface area contributed by atoms with Crippen molar-refractivity contribution in [1.29, 1.82) is 0 Å². The summed E-state index contributed by atoms with van der Waals surface area (Å²) in [6, 6.07) is 6.04. The molecule has 1 radical (unpaired) electrons. The average Bonchev–Trinajstić information content (AvgIpc) is 2.48. The molecule has 1 aromatic carbocycles. The molecule has 0 saturated carbocycles. The van der Waals surface area contributed by atoms with Gasteiger partial charge in [0.2, 0.25) is 0 Å². The van der Waals surface area contributed by atoms with E-state index in [9.17, 15) is 0 Å². The molecule has 0 fully saturated rings. The lowest BCUT2D eigenvalue weighted by atomic mass is 10.2. The van der Waals surface area contributed by atoms with Gasteiger partial charge in [0.15, 0.2) is 0 Å². The highest BCUT2D eigenvalue weighted by atomic mass is 32.1. The monoisotopic (exact) mass is 177 g/mol. The second kappa shape index (κ2) is 2.79. The molecule has 0 amide bonds. The van der Waals surface area contributed by atoms with Gasteiger partial charge in [0.25, 0.3) is 0 Å².